The van der Waals surface area contributed by atoms with Crippen molar-refractivity contribution in [1.29, 1.82) is 0 Å². The molecule has 2 heterocycles. The van der Waals surface area contributed by atoms with Gasteiger partial charge in [0.1, 0.15) is 17.4 Å². The average molecular weight is 348 g/mol. The quantitative estimate of drug-likeness (QED) is 0.707. The molecule has 1 amide bonds. The van der Waals surface area contributed by atoms with Crippen LogP contribution in [0.5, 0.6) is 0 Å². The van der Waals surface area contributed by atoms with Crippen molar-refractivity contribution in [3.05, 3.63) is 72.0 Å². The van der Waals surface area contributed by atoms with Crippen molar-refractivity contribution in [3.63, 3.8) is 0 Å². The summed E-state index contributed by atoms with van der Waals surface area (Å²) < 4.78 is 6.04. The summed E-state index contributed by atoms with van der Waals surface area (Å²) in [7, 11) is 0. The van der Waals surface area contributed by atoms with Crippen LogP contribution in [0.3, 0.4) is 0 Å². The van der Waals surface area contributed by atoms with Crippen LogP contribution < -0.4 is 10.6 Å². The smallest absolute Gasteiger partial charge is 0.220 e. The minimum atomic E-state index is -0.266. The van der Waals surface area contributed by atoms with Crippen LogP contribution in [0.25, 0.3) is 11.0 Å². The van der Waals surface area contributed by atoms with Gasteiger partial charge in [0, 0.05) is 11.8 Å². The molecule has 2 aromatic carbocycles. The Bertz CT molecular complexity index is 833. The van der Waals surface area contributed by atoms with Crippen LogP contribution in [-0.2, 0) is 4.79 Å². The molecule has 134 valence electrons. The van der Waals surface area contributed by atoms with E-state index < -0.39 is 0 Å². The van der Waals surface area contributed by atoms with Crippen molar-refractivity contribution in [3.8, 4) is 0 Å². The monoisotopic (exact) mass is 348 g/mol. The summed E-state index contributed by atoms with van der Waals surface area (Å²) in [6.45, 7) is 2.09. The van der Waals surface area contributed by atoms with Gasteiger partial charge in [-0.3, -0.25) is 4.79 Å². The Morgan fingerprint density at radius 1 is 1.15 bits per heavy atom. The first-order valence-corrected chi connectivity index (χ1v) is 9.33. The Kier molecular flexibility index (Phi) is 5.02. The molecule has 26 heavy (non-hydrogen) atoms. The third-order valence-corrected chi connectivity index (χ3v) is 5.11. The lowest BCUT2D eigenvalue weighted by atomic mass is 10.0. The van der Waals surface area contributed by atoms with Crippen LogP contribution in [0.2, 0.25) is 0 Å². The van der Waals surface area contributed by atoms with Gasteiger partial charge in [-0.05, 0) is 49.5 Å². The third-order valence-electron chi connectivity index (χ3n) is 5.11. The maximum absolute atomic E-state index is 12.6. The van der Waals surface area contributed by atoms with Gasteiger partial charge < -0.3 is 15.1 Å². The number of para-hydroxylation sites is 1. The van der Waals surface area contributed by atoms with Gasteiger partial charge in [-0.15, -0.1) is 0 Å². The zero-order chi connectivity index (χ0) is 17.8. The van der Waals surface area contributed by atoms with E-state index in [0.717, 1.165) is 41.8 Å². The molecule has 0 radical (unpaired) electrons. The van der Waals surface area contributed by atoms with E-state index in [-0.39, 0.29) is 11.9 Å². The third kappa shape index (κ3) is 3.81. The molecule has 0 saturated carbocycles. The summed E-state index contributed by atoms with van der Waals surface area (Å²) in [5.41, 5.74) is 1.87. The Morgan fingerprint density at radius 2 is 1.96 bits per heavy atom. The lowest BCUT2D eigenvalue weighted by Crippen LogP contribution is -2.29. The van der Waals surface area contributed by atoms with Gasteiger partial charge in [-0.2, -0.15) is 0 Å². The van der Waals surface area contributed by atoms with Crippen LogP contribution >= 0.6 is 0 Å². The largest absolute Gasteiger partial charge is 0.459 e. The van der Waals surface area contributed by atoms with Gasteiger partial charge in [-0.1, -0.05) is 48.5 Å². The second-order valence-electron chi connectivity index (χ2n) is 7.00. The minimum absolute atomic E-state index is 0.0752. The van der Waals surface area contributed by atoms with E-state index in [2.05, 4.69) is 10.6 Å². The summed E-state index contributed by atoms with van der Waals surface area (Å²) in [4.78, 5) is 12.6. The second kappa shape index (κ2) is 7.75. The molecule has 1 fully saturated rings. The molecule has 2 unspecified atom stereocenters. The maximum atomic E-state index is 12.6. The first kappa shape index (κ1) is 16.9. The van der Waals surface area contributed by atoms with Crippen LogP contribution in [0.4, 0.5) is 0 Å². The van der Waals surface area contributed by atoms with E-state index in [0.29, 0.717) is 12.3 Å². The van der Waals surface area contributed by atoms with Gasteiger partial charge >= 0.3 is 0 Å². The molecule has 2 N–H and O–H groups in total. The summed E-state index contributed by atoms with van der Waals surface area (Å²) in [6.07, 6.45) is 2.65. The number of benzene rings is 2. The standard InChI is InChI=1S/C22H24N2O2/c25-21(11-10-16-12-13-23-15-16)24-22(17-6-2-1-3-7-17)20-14-18-8-4-5-9-19(18)26-20/h1-9,14,16,22-23H,10-13,15H2,(H,24,25). The Hall–Kier alpha value is -2.59. The zero-order valence-electron chi connectivity index (χ0n) is 14.8. The number of carbonyl (C=O) groups is 1. The molecule has 0 spiro atoms. The first-order chi connectivity index (χ1) is 12.8. The lowest BCUT2D eigenvalue weighted by molar-refractivity contribution is -0.122. The molecule has 4 nitrogen and oxygen atoms in total. The average Bonchev–Trinajstić information content (AvgIpc) is 3.34. The summed E-state index contributed by atoms with van der Waals surface area (Å²) >= 11 is 0. The van der Waals surface area contributed by atoms with Crippen molar-refractivity contribution in [1.82, 2.24) is 10.6 Å². The van der Waals surface area contributed by atoms with E-state index >= 15 is 0 Å². The molecular weight excluding hydrogens is 324 g/mol. The Morgan fingerprint density at radius 3 is 2.73 bits per heavy atom. The number of hydrogen-bond acceptors (Lipinski definition) is 3. The zero-order valence-corrected chi connectivity index (χ0v) is 14.8. The van der Waals surface area contributed by atoms with Gasteiger partial charge in [0.25, 0.3) is 0 Å². The van der Waals surface area contributed by atoms with E-state index in [1.807, 2.05) is 60.7 Å². The molecule has 0 bridgehead atoms. The Labute approximate surface area is 153 Å². The van der Waals surface area contributed by atoms with Crippen LogP contribution in [-0.4, -0.2) is 19.0 Å². The molecule has 0 aliphatic carbocycles. The number of furan rings is 1. The van der Waals surface area contributed by atoms with Gasteiger partial charge in [-0.25, -0.2) is 0 Å². The number of rotatable bonds is 6. The summed E-state index contributed by atoms with van der Waals surface area (Å²) in [5, 5.41) is 7.59. The second-order valence-corrected chi connectivity index (χ2v) is 7.00. The number of nitrogens with one attached hydrogen (secondary N) is 2. The molecular formula is C22H24N2O2. The van der Waals surface area contributed by atoms with E-state index in [1.165, 1.54) is 6.42 Å². The van der Waals surface area contributed by atoms with E-state index in [9.17, 15) is 4.79 Å². The SMILES string of the molecule is O=C(CCC1CCNC1)NC(c1ccccc1)c1cc2ccccc2o1. The fourth-order valence-electron chi connectivity index (χ4n) is 3.64. The predicted molar refractivity (Wildman–Crippen MR) is 103 cm³/mol. The van der Waals surface area contributed by atoms with Crippen LogP contribution in [0.1, 0.15) is 36.6 Å². The highest BCUT2D eigenvalue weighted by molar-refractivity contribution is 5.79. The Balaban J connectivity index is 1.53. The predicted octanol–water partition coefficient (Wildman–Crippen LogP) is 4.03. The summed E-state index contributed by atoms with van der Waals surface area (Å²) in [5.74, 6) is 1.46. The lowest BCUT2D eigenvalue weighted by Gasteiger charge is -2.18. The molecule has 4 heteroatoms. The number of hydrogen-bond donors (Lipinski definition) is 2. The molecule has 3 aromatic rings. The van der Waals surface area contributed by atoms with Crippen molar-refractivity contribution in [2.45, 2.75) is 25.3 Å². The number of amides is 1. The van der Waals surface area contributed by atoms with Crippen LogP contribution in [0.15, 0.2) is 65.1 Å². The minimum Gasteiger partial charge on any atom is -0.459 e. The highest BCUT2D eigenvalue weighted by Gasteiger charge is 2.22. The van der Waals surface area contributed by atoms with Crippen molar-refractivity contribution < 1.29 is 9.21 Å². The van der Waals surface area contributed by atoms with Crippen LogP contribution in [0, 0.1) is 5.92 Å². The van der Waals surface area contributed by atoms with E-state index in [4.69, 9.17) is 4.42 Å². The van der Waals surface area contributed by atoms with E-state index in [1.54, 1.807) is 0 Å². The molecule has 4 rings (SSSR count). The fraction of sp³-hybridized carbons (Fsp3) is 0.318. The highest BCUT2D eigenvalue weighted by atomic mass is 16.3. The van der Waals surface area contributed by atoms with Gasteiger partial charge in [0.2, 0.25) is 5.91 Å². The van der Waals surface area contributed by atoms with Gasteiger partial charge in [0.05, 0.1) is 0 Å². The normalized spacial score (nSPS) is 18.1. The summed E-state index contributed by atoms with van der Waals surface area (Å²) in [6, 6.07) is 19.7. The number of fused-ring (bicyclic) bond motifs is 1. The molecule has 1 saturated heterocycles. The first-order valence-electron chi connectivity index (χ1n) is 9.33. The van der Waals surface area contributed by atoms with Crippen molar-refractivity contribution in [2.75, 3.05) is 13.1 Å². The fourth-order valence-corrected chi connectivity index (χ4v) is 3.64. The molecule has 1 aliphatic heterocycles. The molecule has 1 aliphatic rings. The van der Waals surface area contributed by atoms with Gasteiger partial charge in [0.15, 0.2) is 0 Å². The molecule has 2 atom stereocenters. The topological polar surface area (TPSA) is 54.3 Å². The number of carbonyl (C=O) groups excluding carboxylic acids is 1. The van der Waals surface area contributed by atoms with Crippen molar-refractivity contribution in [2.24, 2.45) is 5.92 Å². The highest BCUT2D eigenvalue weighted by Crippen LogP contribution is 2.28. The maximum Gasteiger partial charge on any atom is 0.220 e. The van der Waals surface area contributed by atoms with Crippen molar-refractivity contribution >= 4 is 16.9 Å². The molecule has 1 aromatic heterocycles.